The fourth-order valence-corrected chi connectivity index (χ4v) is 2.97. The number of carbonyl (C=O) groups excluding carboxylic acids is 4. The summed E-state index contributed by atoms with van der Waals surface area (Å²) in [6.45, 7) is 1.40. The van der Waals surface area contributed by atoms with E-state index >= 15 is 0 Å². The van der Waals surface area contributed by atoms with Crippen LogP contribution in [-0.2, 0) is 25.6 Å². The monoisotopic (exact) mass is 401 g/mol. The SMILES string of the molecule is COC(=O)c1ccc(/C=C/C(=O)OCC(=O)c2ccc(CNC(C)=O)s2)cc1. The number of methoxy groups -OCH3 is 1. The van der Waals surface area contributed by atoms with Crippen molar-refractivity contribution in [2.45, 2.75) is 13.5 Å². The summed E-state index contributed by atoms with van der Waals surface area (Å²) in [6, 6.07) is 9.85. The number of hydrogen-bond donors (Lipinski definition) is 1. The van der Waals surface area contributed by atoms with Crippen molar-refractivity contribution in [1.29, 1.82) is 0 Å². The highest BCUT2D eigenvalue weighted by atomic mass is 32.1. The second kappa shape index (κ2) is 10.2. The molecule has 0 saturated carbocycles. The van der Waals surface area contributed by atoms with Crippen LogP contribution in [0.5, 0.6) is 0 Å². The van der Waals surface area contributed by atoms with Gasteiger partial charge < -0.3 is 14.8 Å². The number of thiophene rings is 1. The zero-order valence-electron chi connectivity index (χ0n) is 15.4. The van der Waals surface area contributed by atoms with E-state index in [4.69, 9.17) is 4.74 Å². The predicted molar refractivity (Wildman–Crippen MR) is 104 cm³/mol. The Morgan fingerprint density at radius 2 is 1.79 bits per heavy atom. The third kappa shape index (κ3) is 6.48. The maximum atomic E-state index is 12.1. The third-order valence-corrected chi connectivity index (χ3v) is 4.66. The molecule has 28 heavy (non-hydrogen) atoms. The smallest absolute Gasteiger partial charge is 0.337 e. The molecule has 0 radical (unpaired) electrons. The van der Waals surface area contributed by atoms with Crippen molar-refractivity contribution in [1.82, 2.24) is 5.32 Å². The first-order valence-electron chi connectivity index (χ1n) is 8.28. The Labute approximate surface area is 166 Å². The van der Waals surface area contributed by atoms with Gasteiger partial charge in [-0.15, -0.1) is 11.3 Å². The molecule has 0 unspecified atom stereocenters. The molecule has 0 atom stereocenters. The number of Topliss-reactive ketones (excluding diaryl/α,β-unsaturated/α-hetero) is 1. The molecule has 8 heteroatoms. The zero-order chi connectivity index (χ0) is 20.5. The minimum Gasteiger partial charge on any atom is -0.465 e. The number of carbonyl (C=O) groups is 4. The molecule has 1 amide bonds. The lowest BCUT2D eigenvalue weighted by Crippen LogP contribution is -2.18. The van der Waals surface area contributed by atoms with Crippen LogP contribution in [0.1, 0.15) is 37.4 Å². The van der Waals surface area contributed by atoms with Gasteiger partial charge in [-0.1, -0.05) is 12.1 Å². The van der Waals surface area contributed by atoms with Crippen LogP contribution >= 0.6 is 11.3 Å². The second-order valence-corrected chi connectivity index (χ2v) is 6.82. The number of nitrogens with one attached hydrogen (secondary N) is 1. The summed E-state index contributed by atoms with van der Waals surface area (Å²) in [5.41, 5.74) is 1.10. The number of amides is 1. The van der Waals surface area contributed by atoms with E-state index in [0.29, 0.717) is 22.5 Å². The molecule has 1 aromatic carbocycles. The third-order valence-electron chi connectivity index (χ3n) is 3.54. The van der Waals surface area contributed by atoms with Gasteiger partial charge in [0.15, 0.2) is 6.61 Å². The van der Waals surface area contributed by atoms with Crippen LogP contribution in [0.3, 0.4) is 0 Å². The highest BCUT2D eigenvalue weighted by Gasteiger charge is 2.12. The van der Waals surface area contributed by atoms with Gasteiger partial charge in [0.1, 0.15) is 0 Å². The molecule has 146 valence electrons. The van der Waals surface area contributed by atoms with Gasteiger partial charge in [-0.3, -0.25) is 9.59 Å². The maximum Gasteiger partial charge on any atom is 0.337 e. The van der Waals surface area contributed by atoms with E-state index in [2.05, 4.69) is 10.1 Å². The highest BCUT2D eigenvalue weighted by Crippen LogP contribution is 2.17. The average Bonchev–Trinajstić information content (AvgIpc) is 3.18. The van der Waals surface area contributed by atoms with Gasteiger partial charge in [-0.25, -0.2) is 9.59 Å². The van der Waals surface area contributed by atoms with Gasteiger partial charge in [-0.2, -0.15) is 0 Å². The number of benzene rings is 1. The van der Waals surface area contributed by atoms with Gasteiger partial charge in [0.25, 0.3) is 0 Å². The van der Waals surface area contributed by atoms with E-state index in [0.717, 1.165) is 4.88 Å². The van der Waals surface area contributed by atoms with Crippen LogP contribution in [0.4, 0.5) is 0 Å². The molecule has 2 rings (SSSR count). The molecule has 0 aliphatic carbocycles. The maximum absolute atomic E-state index is 12.1. The summed E-state index contributed by atoms with van der Waals surface area (Å²) in [5, 5.41) is 2.65. The van der Waals surface area contributed by atoms with Crippen molar-refractivity contribution in [2.75, 3.05) is 13.7 Å². The lowest BCUT2D eigenvalue weighted by atomic mass is 10.1. The standard InChI is InChI=1S/C20H19NO6S/c1-13(22)21-11-16-8-9-18(28-16)17(23)12-27-19(24)10-5-14-3-6-15(7-4-14)20(25)26-2/h3-10H,11-12H2,1-2H3,(H,21,22)/b10-5+. The molecule has 0 aliphatic rings. The number of ether oxygens (including phenoxy) is 2. The van der Waals surface area contributed by atoms with Crippen LogP contribution in [-0.4, -0.2) is 37.3 Å². The number of ketones is 1. The fraction of sp³-hybridized carbons (Fsp3) is 0.200. The summed E-state index contributed by atoms with van der Waals surface area (Å²) in [6.07, 6.45) is 2.72. The molecule has 0 saturated heterocycles. The average molecular weight is 401 g/mol. The van der Waals surface area contributed by atoms with Gasteiger partial charge >= 0.3 is 11.9 Å². The van der Waals surface area contributed by atoms with Crippen LogP contribution in [0.25, 0.3) is 6.08 Å². The first kappa shape index (κ1) is 21.0. The van der Waals surface area contributed by atoms with Crippen molar-refractivity contribution in [3.05, 3.63) is 63.4 Å². The van der Waals surface area contributed by atoms with Crippen molar-refractivity contribution in [3.8, 4) is 0 Å². The highest BCUT2D eigenvalue weighted by molar-refractivity contribution is 7.14. The molecule has 0 aliphatic heterocycles. The summed E-state index contributed by atoms with van der Waals surface area (Å²) >= 11 is 1.24. The Bertz CT molecular complexity index is 898. The van der Waals surface area contributed by atoms with E-state index in [1.54, 1.807) is 36.4 Å². The molecule has 2 aromatic rings. The van der Waals surface area contributed by atoms with E-state index in [1.807, 2.05) is 0 Å². The molecular weight excluding hydrogens is 382 g/mol. The van der Waals surface area contributed by atoms with Crippen molar-refractivity contribution in [2.24, 2.45) is 0 Å². The molecule has 1 heterocycles. The van der Waals surface area contributed by atoms with E-state index in [1.165, 1.54) is 37.5 Å². The zero-order valence-corrected chi connectivity index (χ0v) is 16.2. The van der Waals surface area contributed by atoms with Crippen LogP contribution in [0.15, 0.2) is 42.5 Å². The first-order chi connectivity index (χ1) is 13.4. The lowest BCUT2D eigenvalue weighted by Gasteiger charge is -2.01. The number of rotatable bonds is 8. The minimum atomic E-state index is -0.652. The molecule has 0 fully saturated rings. The predicted octanol–water partition coefficient (Wildman–Crippen LogP) is 2.61. The van der Waals surface area contributed by atoms with E-state index in [9.17, 15) is 19.2 Å². The second-order valence-electron chi connectivity index (χ2n) is 5.65. The largest absolute Gasteiger partial charge is 0.465 e. The summed E-state index contributed by atoms with van der Waals surface area (Å²) < 4.78 is 9.56. The van der Waals surface area contributed by atoms with Crippen LogP contribution in [0.2, 0.25) is 0 Å². The molecule has 1 N–H and O–H groups in total. The molecule has 1 aromatic heterocycles. The number of esters is 2. The lowest BCUT2D eigenvalue weighted by molar-refractivity contribution is -0.136. The van der Waals surface area contributed by atoms with Gasteiger partial charge in [0, 0.05) is 17.9 Å². The Morgan fingerprint density at radius 1 is 1.07 bits per heavy atom. The fourth-order valence-electron chi connectivity index (χ4n) is 2.10. The van der Waals surface area contributed by atoms with Gasteiger partial charge in [0.2, 0.25) is 11.7 Å². The van der Waals surface area contributed by atoms with Crippen molar-refractivity contribution < 1.29 is 28.7 Å². The van der Waals surface area contributed by atoms with Gasteiger partial charge in [0.05, 0.1) is 24.1 Å². The van der Waals surface area contributed by atoms with E-state index in [-0.39, 0.29) is 18.3 Å². The molecule has 7 nitrogen and oxygen atoms in total. The summed E-state index contributed by atoms with van der Waals surface area (Å²) in [7, 11) is 1.30. The Hall–Kier alpha value is -3.26. The number of hydrogen-bond acceptors (Lipinski definition) is 7. The normalized spacial score (nSPS) is 10.5. The summed E-state index contributed by atoms with van der Waals surface area (Å²) in [4.78, 5) is 47.4. The first-order valence-corrected chi connectivity index (χ1v) is 9.10. The molecule has 0 bridgehead atoms. The molecular formula is C20H19NO6S. The van der Waals surface area contributed by atoms with E-state index < -0.39 is 11.9 Å². The van der Waals surface area contributed by atoms with Crippen molar-refractivity contribution >= 4 is 41.0 Å². The topological polar surface area (TPSA) is 98.8 Å². The van der Waals surface area contributed by atoms with Crippen LogP contribution in [0, 0.1) is 0 Å². The minimum absolute atomic E-state index is 0.151. The van der Waals surface area contributed by atoms with Crippen LogP contribution < -0.4 is 5.32 Å². The summed E-state index contributed by atoms with van der Waals surface area (Å²) in [5.74, 6) is -1.56. The van der Waals surface area contributed by atoms with Gasteiger partial charge in [-0.05, 0) is 35.9 Å². The Balaban J connectivity index is 1.83. The molecule has 0 spiro atoms. The Kier molecular flexibility index (Phi) is 7.65. The van der Waals surface area contributed by atoms with Crippen molar-refractivity contribution in [3.63, 3.8) is 0 Å². The Morgan fingerprint density at radius 3 is 2.43 bits per heavy atom. The quantitative estimate of drug-likeness (QED) is 0.415.